The first kappa shape index (κ1) is 22.0. The van der Waals surface area contributed by atoms with Crippen molar-refractivity contribution in [2.75, 3.05) is 7.11 Å². The van der Waals surface area contributed by atoms with Crippen LogP contribution in [0.4, 0.5) is 4.79 Å². The molecule has 0 atom stereocenters. The molecule has 1 aliphatic carbocycles. The van der Waals surface area contributed by atoms with Gasteiger partial charge in [-0.3, -0.25) is 4.89 Å². The first-order valence-electron chi connectivity index (χ1n) is 10.1. The molecule has 0 heterocycles. The summed E-state index contributed by atoms with van der Waals surface area (Å²) in [7, 11) is 1.53. The summed E-state index contributed by atoms with van der Waals surface area (Å²) in [5.41, 5.74) is 0.233. The van der Waals surface area contributed by atoms with Crippen molar-refractivity contribution in [3.8, 4) is 5.75 Å². The highest BCUT2D eigenvalue weighted by Crippen LogP contribution is 2.19. The van der Waals surface area contributed by atoms with E-state index < -0.39 is 12.1 Å². The quantitative estimate of drug-likeness (QED) is 0.369. The predicted octanol–water partition coefficient (Wildman–Crippen LogP) is 5.53. The van der Waals surface area contributed by atoms with Gasteiger partial charge in [-0.15, -0.1) is 0 Å². The van der Waals surface area contributed by atoms with Crippen molar-refractivity contribution in [3.63, 3.8) is 0 Å². The standard InChI is InChI=1S/C21H30O7/c1-24-18-15-13-17(14-16-18)20(22)26-28-27-21(23)25-19-11-9-7-5-3-2-4-6-8-10-12-19/h13-16,19H,2-12H2,1H3. The Hall–Kier alpha value is -2.28. The lowest BCUT2D eigenvalue weighted by Gasteiger charge is -2.17. The van der Waals surface area contributed by atoms with Gasteiger partial charge in [-0.1, -0.05) is 44.9 Å². The molecule has 1 aliphatic rings. The van der Waals surface area contributed by atoms with Gasteiger partial charge in [-0.2, -0.15) is 0 Å². The largest absolute Gasteiger partial charge is 0.543 e. The van der Waals surface area contributed by atoms with Gasteiger partial charge in [0.05, 0.1) is 17.7 Å². The van der Waals surface area contributed by atoms with E-state index in [9.17, 15) is 9.59 Å². The summed E-state index contributed by atoms with van der Waals surface area (Å²) >= 11 is 0. The van der Waals surface area contributed by atoms with E-state index in [1.807, 2.05) is 0 Å². The monoisotopic (exact) mass is 394 g/mol. The highest BCUT2D eigenvalue weighted by Gasteiger charge is 2.18. The molecule has 0 amide bonds. The zero-order chi connectivity index (χ0) is 20.0. The normalized spacial score (nSPS) is 16.9. The third-order valence-corrected chi connectivity index (χ3v) is 4.85. The Morgan fingerprint density at radius 1 is 0.786 bits per heavy atom. The molecule has 0 bridgehead atoms. The summed E-state index contributed by atoms with van der Waals surface area (Å²) < 4.78 is 10.3. The van der Waals surface area contributed by atoms with Crippen molar-refractivity contribution < 1.29 is 33.9 Å². The second-order valence-electron chi connectivity index (χ2n) is 7.00. The second-order valence-corrected chi connectivity index (χ2v) is 7.00. The van der Waals surface area contributed by atoms with Crippen LogP contribution in [0.5, 0.6) is 5.75 Å². The fraction of sp³-hybridized carbons (Fsp3) is 0.619. The Labute approximate surface area is 166 Å². The number of benzene rings is 1. The highest BCUT2D eigenvalue weighted by atomic mass is 17.5. The molecule has 1 aromatic rings. The maximum atomic E-state index is 11.8. The summed E-state index contributed by atoms with van der Waals surface area (Å²) in [6, 6.07) is 6.23. The van der Waals surface area contributed by atoms with Crippen LogP contribution in [-0.2, 0) is 19.6 Å². The molecular weight excluding hydrogens is 364 g/mol. The van der Waals surface area contributed by atoms with Crippen LogP contribution < -0.4 is 4.74 Å². The number of methoxy groups -OCH3 is 1. The number of carbonyl (C=O) groups excluding carboxylic acids is 2. The van der Waals surface area contributed by atoms with E-state index in [0.29, 0.717) is 5.75 Å². The van der Waals surface area contributed by atoms with Crippen LogP contribution in [0.3, 0.4) is 0 Å². The van der Waals surface area contributed by atoms with Crippen molar-refractivity contribution in [2.45, 2.75) is 76.7 Å². The molecule has 7 nitrogen and oxygen atoms in total. The molecule has 0 spiro atoms. The van der Waals surface area contributed by atoms with Gasteiger partial charge in [-0.05, 0) is 49.9 Å². The lowest BCUT2D eigenvalue weighted by Crippen LogP contribution is -2.20. The van der Waals surface area contributed by atoms with Crippen molar-refractivity contribution in [1.82, 2.24) is 0 Å². The summed E-state index contributed by atoms with van der Waals surface area (Å²) in [6.45, 7) is 0. The van der Waals surface area contributed by atoms with E-state index in [2.05, 4.69) is 14.8 Å². The van der Waals surface area contributed by atoms with Crippen LogP contribution in [0.25, 0.3) is 0 Å². The maximum absolute atomic E-state index is 11.8. The number of carbonyl (C=O) groups is 2. The minimum atomic E-state index is -1.00. The summed E-state index contributed by atoms with van der Waals surface area (Å²) in [5.74, 6) is -0.184. The van der Waals surface area contributed by atoms with Crippen molar-refractivity contribution in [1.29, 1.82) is 0 Å². The molecule has 2 rings (SSSR count). The van der Waals surface area contributed by atoms with Crippen LogP contribution in [0.2, 0.25) is 0 Å². The van der Waals surface area contributed by atoms with Gasteiger partial charge in [0, 0.05) is 0 Å². The van der Waals surface area contributed by atoms with E-state index >= 15 is 0 Å². The lowest BCUT2D eigenvalue weighted by atomic mass is 9.99. The average molecular weight is 394 g/mol. The minimum Gasteiger partial charge on any atom is -0.497 e. The number of ether oxygens (including phenoxy) is 2. The summed E-state index contributed by atoms with van der Waals surface area (Å²) in [5, 5.41) is 4.29. The molecule has 0 N–H and O–H groups in total. The van der Waals surface area contributed by atoms with Gasteiger partial charge in [0.25, 0.3) is 0 Å². The van der Waals surface area contributed by atoms with Gasteiger partial charge in [-0.25, -0.2) is 14.5 Å². The van der Waals surface area contributed by atoms with Crippen molar-refractivity contribution >= 4 is 12.1 Å². The van der Waals surface area contributed by atoms with Gasteiger partial charge in [0.2, 0.25) is 0 Å². The van der Waals surface area contributed by atoms with E-state index in [1.54, 1.807) is 12.1 Å². The smallest absolute Gasteiger partial charge is 0.497 e. The molecule has 156 valence electrons. The third kappa shape index (κ3) is 8.61. The molecule has 0 aromatic heterocycles. The topological polar surface area (TPSA) is 80.3 Å². The second kappa shape index (κ2) is 13.0. The molecule has 0 aliphatic heterocycles. The SMILES string of the molecule is COc1ccc(C(=O)OOOC(=O)OC2CCCCCCCCCCC2)cc1. The zero-order valence-corrected chi connectivity index (χ0v) is 16.5. The Bertz CT molecular complexity index is 573. The first-order chi connectivity index (χ1) is 13.7. The Morgan fingerprint density at radius 2 is 1.32 bits per heavy atom. The highest BCUT2D eigenvalue weighted by molar-refractivity contribution is 5.89. The predicted molar refractivity (Wildman–Crippen MR) is 102 cm³/mol. The Balaban J connectivity index is 1.69. The van der Waals surface area contributed by atoms with Crippen molar-refractivity contribution in [3.05, 3.63) is 29.8 Å². The molecule has 0 radical (unpaired) electrons. The van der Waals surface area contributed by atoms with Crippen molar-refractivity contribution in [2.24, 2.45) is 0 Å². The van der Waals surface area contributed by atoms with Gasteiger partial charge in [0.1, 0.15) is 11.9 Å². The molecule has 28 heavy (non-hydrogen) atoms. The third-order valence-electron chi connectivity index (χ3n) is 4.85. The van der Waals surface area contributed by atoms with E-state index in [-0.39, 0.29) is 11.7 Å². The van der Waals surface area contributed by atoms with Gasteiger partial charge >= 0.3 is 12.1 Å². The van der Waals surface area contributed by atoms with Gasteiger partial charge < -0.3 is 9.47 Å². The summed E-state index contributed by atoms with van der Waals surface area (Å²) in [4.78, 5) is 32.5. The molecular formula is C21H30O7. The van der Waals surface area contributed by atoms with Gasteiger partial charge in [0.15, 0.2) is 0 Å². The molecule has 1 aromatic carbocycles. The minimum absolute atomic E-state index is 0.201. The number of hydrogen-bond donors (Lipinski definition) is 0. The summed E-state index contributed by atoms with van der Waals surface area (Å²) in [6.07, 6.45) is 11.1. The zero-order valence-electron chi connectivity index (χ0n) is 16.5. The fourth-order valence-electron chi connectivity index (χ4n) is 3.25. The Morgan fingerprint density at radius 3 is 1.86 bits per heavy atom. The fourth-order valence-corrected chi connectivity index (χ4v) is 3.25. The van der Waals surface area contributed by atoms with E-state index in [4.69, 9.17) is 9.47 Å². The van der Waals surface area contributed by atoms with Crippen LogP contribution >= 0.6 is 0 Å². The molecule has 0 unspecified atom stereocenters. The maximum Gasteiger partial charge on any atom is 0.543 e. The molecule has 1 fully saturated rings. The van der Waals surface area contributed by atoms with E-state index in [1.165, 1.54) is 51.3 Å². The van der Waals surface area contributed by atoms with Crippen LogP contribution in [-0.4, -0.2) is 25.3 Å². The van der Waals surface area contributed by atoms with E-state index in [0.717, 1.165) is 38.5 Å². The van der Waals surface area contributed by atoms with Crippen LogP contribution in [0, 0.1) is 0 Å². The number of rotatable bonds is 5. The first-order valence-corrected chi connectivity index (χ1v) is 10.1. The Kier molecular flexibility index (Phi) is 10.2. The number of hydrogen-bond acceptors (Lipinski definition) is 7. The molecule has 7 heteroatoms. The molecule has 1 saturated carbocycles. The average Bonchev–Trinajstić information content (AvgIpc) is 2.70. The molecule has 0 saturated heterocycles. The van der Waals surface area contributed by atoms with Crippen LogP contribution in [0.1, 0.15) is 81.0 Å². The van der Waals surface area contributed by atoms with Crippen LogP contribution in [0.15, 0.2) is 24.3 Å². The lowest BCUT2D eigenvalue weighted by molar-refractivity contribution is -0.453.